The van der Waals surface area contributed by atoms with Crippen LogP contribution in [0.25, 0.3) is 0 Å². The Morgan fingerprint density at radius 2 is 2.11 bits per heavy atom. The predicted molar refractivity (Wildman–Crippen MR) is 83.1 cm³/mol. The van der Waals surface area contributed by atoms with Crippen LogP contribution >= 0.6 is 11.6 Å². The first kappa shape index (κ1) is 14.6. The Labute approximate surface area is 121 Å². The summed E-state index contributed by atoms with van der Waals surface area (Å²) in [5.41, 5.74) is 2.59. The Balaban J connectivity index is 2.23. The largest absolute Gasteiger partial charge is 0.369 e. The van der Waals surface area contributed by atoms with Gasteiger partial charge in [0.25, 0.3) is 0 Å². The molecule has 1 N–H and O–H groups in total. The molecule has 1 aliphatic rings. The van der Waals surface area contributed by atoms with Crippen molar-refractivity contribution in [2.75, 3.05) is 39.1 Å². The highest BCUT2D eigenvalue weighted by molar-refractivity contribution is 6.30. The predicted octanol–water partition coefficient (Wildman–Crippen LogP) is 2.45. The van der Waals surface area contributed by atoms with Crippen molar-refractivity contribution < 1.29 is 0 Å². The molecule has 1 aromatic rings. The lowest BCUT2D eigenvalue weighted by Crippen LogP contribution is -2.34. The van der Waals surface area contributed by atoms with E-state index in [4.69, 9.17) is 11.6 Å². The molecule has 1 aromatic carbocycles. The molecule has 0 aliphatic carbocycles. The van der Waals surface area contributed by atoms with Gasteiger partial charge in [-0.25, -0.2) is 0 Å². The summed E-state index contributed by atoms with van der Waals surface area (Å²) in [4.78, 5) is 4.82. The Hall–Kier alpha value is -0.770. The van der Waals surface area contributed by atoms with Gasteiger partial charge in [-0.15, -0.1) is 0 Å². The summed E-state index contributed by atoms with van der Waals surface area (Å²) in [5.74, 6) is 0.688. The van der Waals surface area contributed by atoms with Crippen molar-refractivity contribution in [3.05, 3.63) is 28.8 Å². The zero-order valence-corrected chi connectivity index (χ0v) is 13.0. The molecule has 2 unspecified atom stereocenters. The Bertz CT molecular complexity index is 433. The van der Waals surface area contributed by atoms with E-state index < -0.39 is 0 Å². The summed E-state index contributed by atoms with van der Waals surface area (Å²) in [5, 5.41) is 4.04. The second kappa shape index (κ2) is 6.12. The molecule has 1 fully saturated rings. The fourth-order valence-corrected chi connectivity index (χ4v) is 3.21. The summed E-state index contributed by atoms with van der Waals surface area (Å²) in [6.07, 6.45) is 0. The van der Waals surface area contributed by atoms with Gasteiger partial charge in [-0.2, -0.15) is 0 Å². The smallest absolute Gasteiger partial charge is 0.0413 e. The van der Waals surface area contributed by atoms with E-state index in [9.17, 15) is 0 Å². The number of likely N-dealkylation sites (N-methyl/N-ethyl adjacent to an activating group) is 1. The first-order valence-corrected chi connectivity index (χ1v) is 7.25. The van der Waals surface area contributed by atoms with Crippen molar-refractivity contribution in [2.24, 2.45) is 5.92 Å². The van der Waals surface area contributed by atoms with Crippen LogP contribution in [0, 0.1) is 5.92 Å². The van der Waals surface area contributed by atoms with Crippen LogP contribution in [0.1, 0.15) is 12.5 Å². The van der Waals surface area contributed by atoms with Gasteiger partial charge in [-0.1, -0.05) is 18.5 Å². The maximum absolute atomic E-state index is 6.11. The van der Waals surface area contributed by atoms with Crippen LogP contribution in [0.4, 0.5) is 5.69 Å². The average molecular weight is 282 g/mol. The SMILES string of the molecule is CNCc1cc(Cl)ccc1N1CC(C)C(N(C)C)C1. The minimum atomic E-state index is 0.623. The van der Waals surface area contributed by atoms with Crippen LogP contribution in [0.15, 0.2) is 18.2 Å². The second-order valence-electron chi connectivity index (χ2n) is 5.72. The maximum Gasteiger partial charge on any atom is 0.0413 e. The summed E-state index contributed by atoms with van der Waals surface area (Å²) >= 11 is 6.11. The molecule has 0 saturated carbocycles. The first-order chi connectivity index (χ1) is 9.02. The van der Waals surface area contributed by atoms with E-state index >= 15 is 0 Å². The van der Waals surface area contributed by atoms with Crippen LogP contribution < -0.4 is 10.2 Å². The third-order valence-corrected chi connectivity index (χ3v) is 4.22. The van der Waals surface area contributed by atoms with Gasteiger partial charge in [0, 0.05) is 36.4 Å². The van der Waals surface area contributed by atoms with Crippen molar-refractivity contribution in [2.45, 2.75) is 19.5 Å². The van der Waals surface area contributed by atoms with Crippen molar-refractivity contribution in [3.8, 4) is 0 Å². The van der Waals surface area contributed by atoms with Crippen molar-refractivity contribution in [1.82, 2.24) is 10.2 Å². The van der Waals surface area contributed by atoms with E-state index in [1.807, 2.05) is 13.1 Å². The minimum Gasteiger partial charge on any atom is -0.369 e. The molecule has 3 nitrogen and oxygen atoms in total. The molecule has 4 heteroatoms. The number of rotatable bonds is 4. The van der Waals surface area contributed by atoms with E-state index in [1.54, 1.807) is 0 Å². The molecule has 2 rings (SSSR count). The van der Waals surface area contributed by atoms with E-state index in [0.29, 0.717) is 12.0 Å². The summed E-state index contributed by atoms with van der Waals surface area (Å²) in [6.45, 7) is 5.39. The summed E-state index contributed by atoms with van der Waals surface area (Å²) in [6, 6.07) is 6.84. The Morgan fingerprint density at radius 3 is 2.68 bits per heavy atom. The van der Waals surface area contributed by atoms with Gasteiger partial charge in [0.2, 0.25) is 0 Å². The fraction of sp³-hybridized carbons (Fsp3) is 0.600. The minimum absolute atomic E-state index is 0.623. The quantitative estimate of drug-likeness (QED) is 0.915. The van der Waals surface area contributed by atoms with Crippen LogP contribution in [0.3, 0.4) is 0 Å². The lowest BCUT2D eigenvalue weighted by molar-refractivity contribution is 0.266. The molecule has 1 saturated heterocycles. The van der Waals surface area contributed by atoms with Gasteiger partial charge in [0.1, 0.15) is 0 Å². The number of nitrogens with one attached hydrogen (secondary N) is 1. The standard InChI is InChI=1S/C15H24ClN3/c1-11-9-19(10-15(11)18(3)4)14-6-5-13(16)7-12(14)8-17-2/h5-7,11,15,17H,8-10H2,1-4H3. The van der Waals surface area contributed by atoms with Gasteiger partial charge in [-0.05, 0) is 50.8 Å². The Morgan fingerprint density at radius 1 is 1.37 bits per heavy atom. The highest BCUT2D eigenvalue weighted by Crippen LogP contribution is 2.30. The van der Waals surface area contributed by atoms with Crippen molar-refractivity contribution in [1.29, 1.82) is 0 Å². The van der Waals surface area contributed by atoms with Crippen LogP contribution in [0.5, 0.6) is 0 Å². The van der Waals surface area contributed by atoms with Crippen LogP contribution in [-0.2, 0) is 6.54 Å². The lowest BCUT2D eigenvalue weighted by atomic mass is 10.1. The van der Waals surface area contributed by atoms with Crippen LogP contribution in [0.2, 0.25) is 5.02 Å². The van der Waals surface area contributed by atoms with E-state index in [-0.39, 0.29) is 0 Å². The van der Waals surface area contributed by atoms with Crippen molar-refractivity contribution >= 4 is 17.3 Å². The van der Waals surface area contributed by atoms with Gasteiger partial charge in [0.15, 0.2) is 0 Å². The normalized spacial score (nSPS) is 23.4. The molecule has 0 spiro atoms. The monoisotopic (exact) mass is 281 g/mol. The third kappa shape index (κ3) is 3.22. The van der Waals surface area contributed by atoms with E-state index in [1.165, 1.54) is 11.3 Å². The molecular formula is C15H24ClN3. The average Bonchev–Trinajstić information content (AvgIpc) is 2.72. The molecule has 1 heterocycles. The van der Waals surface area contributed by atoms with E-state index in [2.05, 4.69) is 48.3 Å². The van der Waals surface area contributed by atoms with Crippen LogP contribution in [-0.4, -0.2) is 45.2 Å². The molecule has 0 bridgehead atoms. The number of nitrogens with zero attached hydrogens (tertiary/aromatic N) is 2. The van der Waals surface area contributed by atoms with E-state index in [0.717, 1.165) is 24.7 Å². The Kier molecular flexibility index (Phi) is 4.71. The highest BCUT2D eigenvalue weighted by atomic mass is 35.5. The number of halogens is 1. The number of benzene rings is 1. The molecule has 1 aliphatic heterocycles. The topological polar surface area (TPSA) is 18.5 Å². The maximum atomic E-state index is 6.11. The number of hydrogen-bond acceptors (Lipinski definition) is 3. The lowest BCUT2D eigenvalue weighted by Gasteiger charge is -2.24. The first-order valence-electron chi connectivity index (χ1n) is 6.87. The van der Waals surface area contributed by atoms with Gasteiger partial charge in [-0.3, -0.25) is 0 Å². The molecule has 2 atom stereocenters. The second-order valence-corrected chi connectivity index (χ2v) is 6.15. The molecule has 0 aromatic heterocycles. The molecule has 19 heavy (non-hydrogen) atoms. The van der Waals surface area contributed by atoms with Crippen molar-refractivity contribution in [3.63, 3.8) is 0 Å². The third-order valence-electron chi connectivity index (χ3n) is 3.99. The zero-order chi connectivity index (χ0) is 14.0. The van der Waals surface area contributed by atoms with Gasteiger partial charge >= 0.3 is 0 Å². The molecule has 0 amide bonds. The molecular weight excluding hydrogens is 258 g/mol. The van der Waals surface area contributed by atoms with Gasteiger partial charge < -0.3 is 15.1 Å². The fourth-order valence-electron chi connectivity index (χ4n) is 3.01. The number of hydrogen-bond donors (Lipinski definition) is 1. The highest BCUT2D eigenvalue weighted by Gasteiger charge is 2.31. The van der Waals surface area contributed by atoms with Gasteiger partial charge in [0.05, 0.1) is 0 Å². The molecule has 0 radical (unpaired) electrons. The number of anilines is 1. The zero-order valence-electron chi connectivity index (χ0n) is 12.3. The summed E-state index contributed by atoms with van der Waals surface area (Å²) in [7, 11) is 6.31. The summed E-state index contributed by atoms with van der Waals surface area (Å²) < 4.78 is 0. The molecule has 106 valence electrons.